The van der Waals surface area contributed by atoms with Gasteiger partial charge in [-0.25, -0.2) is 0 Å². The first-order valence-electron chi connectivity index (χ1n) is 6.83. The summed E-state index contributed by atoms with van der Waals surface area (Å²) >= 11 is 0. The smallest absolute Gasteiger partial charge is 0.326 e. The van der Waals surface area contributed by atoms with Gasteiger partial charge in [-0.2, -0.15) is 13.2 Å². The van der Waals surface area contributed by atoms with Crippen molar-refractivity contribution in [3.8, 4) is 0 Å². The second-order valence-electron chi connectivity index (χ2n) is 5.55. The van der Waals surface area contributed by atoms with Crippen molar-refractivity contribution in [1.82, 2.24) is 4.90 Å². The number of hydrogen-bond donors (Lipinski definition) is 1. The van der Waals surface area contributed by atoms with E-state index >= 15 is 0 Å². The summed E-state index contributed by atoms with van der Waals surface area (Å²) < 4.78 is 39.5. The molecule has 0 aromatic carbocycles. The van der Waals surface area contributed by atoms with Gasteiger partial charge in [-0.05, 0) is 32.2 Å². The third kappa shape index (κ3) is 3.60. The van der Waals surface area contributed by atoms with Crippen LogP contribution in [-0.4, -0.2) is 36.2 Å². The Morgan fingerprint density at radius 2 is 1.83 bits per heavy atom. The van der Waals surface area contributed by atoms with Crippen molar-refractivity contribution in [2.45, 2.75) is 70.3 Å². The summed E-state index contributed by atoms with van der Waals surface area (Å²) in [6.07, 6.45) is 0.103. The van der Waals surface area contributed by atoms with Crippen LogP contribution in [0.1, 0.15) is 46.0 Å². The number of nitrogens with two attached hydrogens (primary N) is 1. The van der Waals surface area contributed by atoms with E-state index in [9.17, 15) is 13.2 Å². The van der Waals surface area contributed by atoms with Gasteiger partial charge in [0.1, 0.15) is 6.04 Å². The molecule has 0 saturated heterocycles. The first-order valence-corrected chi connectivity index (χ1v) is 6.83. The van der Waals surface area contributed by atoms with Crippen molar-refractivity contribution in [3.63, 3.8) is 0 Å². The molecule has 1 aliphatic carbocycles. The Morgan fingerprint density at radius 3 is 2.28 bits per heavy atom. The average molecular weight is 266 g/mol. The zero-order valence-corrected chi connectivity index (χ0v) is 11.5. The first-order chi connectivity index (χ1) is 8.29. The number of alkyl halides is 3. The van der Waals surface area contributed by atoms with E-state index in [2.05, 4.69) is 0 Å². The Labute approximate surface area is 108 Å². The van der Waals surface area contributed by atoms with Gasteiger partial charge in [0.15, 0.2) is 0 Å². The van der Waals surface area contributed by atoms with Crippen LogP contribution in [0.5, 0.6) is 0 Å². The molecule has 108 valence electrons. The lowest BCUT2D eigenvalue weighted by Gasteiger charge is -2.43. The van der Waals surface area contributed by atoms with Crippen LogP contribution in [0, 0.1) is 5.92 Å². The number of nitrogens with zero attached hydrogens (tertiary/aromatic N) is 1. The lowest BCUT2D eigenvalue weighted by atomic mass is 9.84. The molecule has 0 bridgehead atoms. The minimum absolute atomic E-state index is 0.00275. The van der Waals surface area contributed by atoms with Crippen molar-refractivity contribution in [2.75, 3.05) is 7.05 Å². The van der Waals surface area contributed by atoms with Crippen LogP contribution in [0.4, 0.5) is 13.2 Å². The third-order valence-corrected chi connectivity index (χ3v) is 4.24. The Kier molecular flexibility index (Phi) is 5.46. The maximum atomic E-state index is 13.2. The van der Waals surface area contributed by atoms with Crippen LogP contribution < -0.4 is 5.73 Å². The standard InChI is InChI=1S/C13H25F3N2/c1-4-10(17)12(13(14,15)16)18(3)11-8-6-5-7-9(11)2/h9-12H,4-8,17H2,1-3H3. The van der Waals surface area contributed by atoms with Gasteiger partial charge in [0.05, 0.1) is 0 Å². The highest BCUT2D eigenvalue weighted by Gasteiger charge is 2.47. The minimum Gasteiger partial charge on any atom is -0.326 e. The molecular weight excluding hydrogens is 241 g/mol. The number of rotatable bonds is 4. The van der Waals surface area contributed by atoms with E-state index in [1.165, 1.54) is 4.90 Å². The normalized spacial score (nSPS) is 29.3. The van der Waals surface area contributed by atoms with Crippen molar-refractivity contribution >= 4 is 0 Å². The summed E-state index contributed by atoms with van der Waals surface area (Å²) in [6.45, 7) is 3.76. The molecule has 18 heavy (non-hydrogen) atoms. The molecule has 0 radical (unpaired) electrons. The molecule has 2 nitrogen and oxygen atoms in total. The van der Waals surface area contributed by atoms with Gasteiger partial charge < -0.3 is 5.73 Å². The van der Waals surface area contributed by atoms with Crippen LogP contribution in [0.25, 0.3) is 0 Å². The van der Waals surface area contributed by atoms with E-state index in [0.29, 0.717) is 12.3 Å². The summed E-state index contributed by atoms with van der Waals surface area (Å²) in [4.78, 5) is 1.48. The molecule has 2 N–H and O–H groups in total. The van der Waals surface area contributed by atoms with Gasteiger partial charge in [0.25, 0.3) is 0 Å². The molecule has 5 heteroatoms. The van der Waals surface area contributed by atoms with Gasteiger partial charge in [0.2, 0.25) is 0 Å². The predicted octanol–water partition coefficient (Wildman–Crippen LogP) is 3.17. The number of hydrogen-bond acceptors (Lipinski definition) is 2. The Morgan fingerprint density at radius 1 is 1.28 bits per heavy atom. The van der Waals surface area contributed by atoms with Crippen molar-refractivity contribution in [3.05, 3.63) is 0 Å². The third-order valence-electron chi connectivity index (χ3n) is 4.24. The Balaban J connectivity index is 2.84. The maximum Gasteiger partial charge on any atom is 0.405 e. The fraction of sp³-hybridized carbons (Fsp3) is 1.00. The predicted molar refractivity (Wildman–Crippen MR) is 67.3 cm³/mol. The summed E-state index contributed by atoms with van der Waals surface area (Å²) in [5.74, 6) is 0.317. The highest BCUT2D eigenvalue weighted by molar-refractivity contribution is 4.91. The zero-order chi connectivity index (χ0) is 13.9. The molecule has 1 fully saturated rings. The van der Waals surface area contributed by atoms with Gasteiger partial charge in [0, 0.05) is 12.1 Å². The summed E-state index contributed by atoms with van der Waals surface area (Å²) in [7, 11) is 1.58. The topological polar surface area (TPSA) is 29.3 Å². The van der Waals surface area contributed by atoms with Crippen LogP contribution in [0.2, 0.25) is 0 Å². The molecule has 4 unspecified atom stereocenters. The molecular formula is C13H25F3N2. The summed E-state index contributed by atoms with van der Waals surface area (Å²) in [5, 5.41) is 0. The molecule has 1 saturated carbocycles. The summed E-state index contributed by atoms with van der Waals surface area (Å²) in [6, 6.07) is -2.36. The van der Waals surface area contributed by atoms with Gasteiger partial charge >= 0.3 is 6.18 Å². The van der Waals surface area contributed by atoms with E-state index in [1.54, 1.807) is 14.0 Å². The highest BCUT2D eigenvalue weighted by atomic mass is 19.4. The van der Waals surface area contributed by atoms with E-state index in [1.807, 2.05) is 6.92 Å². The van der Waals surface area contributed by atoms with Crippen LogP contribution in [0.15, 0.2) is 0 Å². The van der Waals surface area contributed by atoms with Gasteiger partial charge in [-0.15, -0.1) is 0 Å². The molecule has 0 spiro atoms. The number of likely N-dealkylation sites (N-methyl/N-ethyl adjacent to an activating group) is 1. The molecule has 1 rings (SSSR count). The first kappa shape index (κ1) is 15.8. The SMILES string of the molecule is CCC(N)C(N(C)C1CCCCC1C)C(F)(F)F. The van der Waals surface area contributed by atoms with Crippen LogP contribution >= 0.6 is 0 Å². The monoisotopic (exact) mass is 266 g/mol. The van der Waals surface area contributed by atoms with Crippen molar-refractivity contribution < 1.29 is 13.2 Å². The Hall–Kier alpha value is -0.290. The quantitative estimate of drug-likeness (QED) is 0.847. The van der Waals surface area contributed by atoms with Gasteiger partial charge in [-0.1, -0.05) is 26.7 Å². The van der Waals surface area contributed by atoms with E-state index in [-0.39, 0.29) is 6.04 Å². The fourth-order valence-electron chi connectivity index (χ4n) is 3.11. The number of halogens is 3. The zero-order valence-electron chi connectivity index (χ0n) is 11.5. The highest BCUT2D eigenvalue weighted by Crippen LogP contribution is 2.34. The average Bonchev–Trinajstić information content (AvgIpc) is 2.27. The minimum atomic E-state index is -4.25. The molecule has 0 amide bonds. The molecule has 0 aromatic rings. The van der Waals surface area contributed by atoms with E-state index in [0.717, 1.165) is 25.7 Å². The van der Waals surface area contributed by atoms with Crippen LogP contribution in [-0.2, 0) is 0 Å². The molecule has 0 aromatic heterocycles. The molecule has 0 aliphatic heterocycles. The second kappa shape index (κ2) is 6.24. The van der Waals surface area contributed by atoms with Gasteiger partial charge in [-0.3, -0.25) is 4.90 Å². The van der Waals surface area contributed by atoms with E-state index < -0.39 is 18.3 Å². The molecule has 1 aliphatic rings. The molecule has 4 atom stereocenters. The largest absolute Gasteiger partial charge is 0.405 e. The molecule has 0 heterocycles. The Bertz CT molecular complexity index is 255. The second-order valence-corrected chi connectivity index (χ2v) is 5.55. The summed E-state index contributed by atoms with van der Waals surface area (Å²) in [5.41, 5.74) is 5.69. The maximum absolute atomic E-state index is 13.2. The lowest BCUT2D eigenvalue weighted by molar-refractivity contribution is -0.195. The fourth-order valence-corrected chi connectivity index (χ4v) is 3.11. The van der Waals surface area contributed by atoms with Crippen LogP contribution in [0.3, 0.4) is 0 Å². The lowest BCUT2D eigenvalue weighted by Crippen LogP contribution is -2.59. The van der Waals surface area contributed by atoms with E-state index in [4.69, 9.17) is 5.73 Å². The van der Waals surface area contributed by atoms with Crippen molar-refractivity contribution in [2.24, 2.45) is 11.7 Å². The van der Waals surface area contributed by atoms with Crippen molar-refractivity contribution in [1.29, 1.82) is 0 Å².